The van der Waals surface area contributed by atoms with Crippen LogP contribution in [0.25, 0.3) is 16.9 Å². The van der Waals surface area contributed by atoms with Crippen LogP contribution in [-0.2, 0) is 0 Å². The summed E-state index contributed by atoms with van der Waals surface area (Å²) >= 11 is 0. The minimum Gasteiger partial charge on any atom is -0.476 e. The maximum absolute atomic E-state index is 13.8. The van der Waals surface area contributed by atoms with Crippen LogP contribution in [0.5, 0.6) is 0 Å². The molecule has 0 saturated carbocycles. The Morgan fingerprint density at radius 1 is 1.32 bits per heavy atom. The number of fused-ring (bicyclic) bond motifs is 1. The Hall–Kier alpha value is -2.76. The van der Waals surface area contributed by atoms with Crippen molar-refractivity contribution in [3.63, 3.8) is 0 Å². The van der Waals surface area contributed by atoms with Crippen molar-refractivity contribution in [1.29, 1.82) is 0 Å². The average molecular weight is 257 g/mol. The predicted molar refractivity (Wildman–Crippen MR) is 65.3 cm³/mol. The molecule has 5 nitrogen and oxygen atoms in total. The molecule has 1 aromatic carbocycles. The molecule has 2 heterocycles. The Balaban J connectivity index is 2.37. The van der Waals surface area contributed by atoms with Crippen molar-refractivity contribution in [3.05, 3.63) is 54.4 Å². The Labute approximate surface area is 107 Å². The van der Waals surface area contributed by atoms with Crippen molar-refractivity contribution < 1.29 is 14.3 Å². The lowest BCUT2D eigenvalue weighted by molar-refractivity contribution is 0.0693. The molecule has 3 aromatic rings. The zero-order valence-corrected chi connectivity index (χ0v) is 9.62. The van der Waals surface area contributed by atoms with Crippen LogP contribution in [0.15, 0.2) is 42.9 Å². The fourth-order valence-corrected chi connectivity index (χ4v) is 1.93. The summed E-state index contributed by atoms with van der Waals surface area (Å²) in [5, 5.41) is 9.12. The Morgan fingerprint density at radius 3 is 2.84 bits per heavy atom. The smallest absolute Gasteiger partial charge is 0.356 e. The molecule has 0 amide bonds. The van der Waals surface area contributed by atoms with Crippen molar-refractivity contribution in [2.75, 3.05) is 0 Å². The molecular weight excluding hydrogens is 249 g/mol. The molecular formula is C13H8FN3O2. The quantitative estimate of drug-likeness (QED) is 0.764. The summed E-state index contributed by atoms with van der Waals surface area (Å²) in [4.78, 5) is 19.0. The first-order chi connectivity index (χ1) is 9.18. The standard InChI is InChI=1S/C13H8FN3O2/c14-9-4-2-1-3-8(9)12-16-11(13(18)19)10-7-15-5-6-17(10)12/h1-7H,(H,18,19). The van der Waals surface area contributed by atoms with Crippen molar-refractivity contribution >= 4 is 11.5 Å². The van der Waals surface area contributed by atoms with E-state index >= 15 is 0 Å². The van der Waals surface area contributed by atoms with Gasteiger partial charge >= 0.3 is 5.97 Å². The van der Waals surface area contributed by atoms with Crippen LogP contribution >= 0.6 is 0 Å². The van der Waals surface area contributed by atoms with Gasteiger partial charge in [-0.2, -0.15) is 0 Å². The maximum Gasteiger partial charge on any atom is 0.356 e. The highest BCUT2D eigenvalue weighted by atomic mass is 19.1. The maximum atomic E-state index is 13.8. The van der Waals surface area contributed by atoms with E-state index in [2.05, 4.69) is 9.97 Å². The van der Waals surface area contributed by atoms with Gasteiger partial charge in [0.05, 0.1) is 17.3 Å². The SMILES string of the molecule is O=C(O)c1nc(-c2ccccc2F)n2ccncc12. The van der Waals surface area contributed by atoms with Gasteiger partial charge < -0.3 is 5.11 Å². The summed E-state index contributed by atoms with van der Waals surface area (Å²) in [5.74, 6) is -1.39. The molecule has 2 aromatic heterocycles. The van der Waals surface area contributed by atoms with E-state index < -0.39 is 11.8 Å². The molecule has 3 rings (SSSR count). The van der Waals surface area contributed by atoms with Crippen LogP contribution in [0.3, 0.4) is 0 Å². The topological polar surface area (TPSA) is 67.5 Å². The van der Waals surface area contributed by atoms with Gasteiger partial charge in [-0.05, 0) is 12.1 Å². The zero-order valence-electron chi connectivity index (χ0n) is 9.62. The molecule has 0 atom stereocenters. The van der Waals surface area contributed by atoms with Gasteiger partial charge in [-0.25, -0.2) is 14.2 Å². The molecule has 1 N–H and O–H groups in total. The third kappa shape index (κ3) is 1.74. The van der Waals surface area contributed by atoms with Crippen molar-refractivity contribution in [3.8, 4) is 11.4 Å². The number of benzene rings is 1. The minimum atomic E-state index is -1.17. The van der Waals surface area contributed by atoms with Crippen LogP contribution in [0.2, 0.25) is 0 Å². The first-order valence-corrected chi connectivity index (χ1v) is 5.49. The van der Waals surface area contributed by atoms with Gasteiger partial charge in [-0.1, -0.05) is 12.1 Å². The molecule has 19 heavy (non-hydrogen) atoms. The molecule has 94 valence electrons. The Bertz CT molecular complexity index is 782. The fourth-order valence-electron chi connectivity index (χ4n) is 1.93. The van der Waals surface area contributed by atoms with Gasteiger partial charge in [0.1, 0.15) is 11.6 Å². The molecule has 0 aliphatic rings. The first kappa shape index (κ1) is 11.3. The van der Waals surface area contributed by atoms with Crippen LogP contribution in [0, 0.1) is 5.82 Å². The zero-order chi connectivity index (χ0) is 13.4. The second-order valence-corrected chi connectivity index (χ2v) is 3.90. The lowest BCUT2D eigenvalue weighted by Gasteiger charge is -2.01. The van der Waals surface area contributed by atoms with Crippen LogP contribution < -0.4 is 0 Å². The predicted octanol–water partition coefficient (Wildman–Crippen LogP) is 2.23. The number of carboxylic acid groups (broad SMARTS) is 1. The van der Waals surface area contributed by atoms with Crippen molar-refractivity contribution in [2.24, 2.45) is 0 Å². The third-order valence-corrected chi connectivity index (χ3v) is 2.76. The average Bonchev–Trinajstić information content (AvgIpc) is 2.79. The van der Waals surface area contributed by atoms with Gasteiger partial charge in [0.15, 0.2) is 5.69 Å². The van der Waals surface area contributed by atoms with Gasteiger partial charge in [-0.15, -0.1) is 0 Å². The summed E-state index contributed by atoms with van der Waals surface area (Å²) in [7, 11) is 0. The number of carboxylic acids is 1. The highest BCUT2D eigenvalue weighted by Gasteiger charge is 2.19. The Kier molecular flexibility index (Phi) is 2.49. The second kappa shape index (κ2) is 4.16. The van der Waals surface area contributed by atoms with E-state index in [0.717, 1.165) is 0 Å². The van der Waals surface area contributed by atoms with Crippen LogP contribution in [0.4, 0.5) is 4.39 Å². The van der Waals surface area contributed by atoms with E-state index in [-0.39, 0.29) is 17.1 Å². The minimum absolute atomic E-state index is 0.147. The number of aromatic carboxylic acids is 1. The van der Waals surface area contributed by atoms with E-state index in [1.165, 1.54) is 22.9 Å². The van der Waals surface area contributed by atoms with E-state index in [4.69, 9.17) is 5.11 Å². The number of carbonyl (C=O) groups is 1. The number of aromatic nitrogens is 3. The summed E-state index contributed by atoms with van der Waals surface area (Å²) in [6, 6.07) is 6.09. The van der Waals surface area contributed by atoms with Gasteiger partial charge in [0.2, 0.25) is 0 Å². The molecule has 0 aliphatic carbocycles. The lowest BCUT2D eigenvalue weighted by Crippen LogP contribution is -1.97. The summed E-state index contributed by atoms with van der Waals surface area (Å²) in [6.45, 7) is 0. The largest absolute Gasteiger partial charge is 0.476 e. The highest BCUT2D eigenvalue weighted by Crippen LogP contribution is 2.24. The number of nitrogens with zero attached hydrogens (tertiary/aromatic N) is 3. The van der Waals surface area contributed by atoms with Crippen LogP contribution in [0.1, 0.15) is 10.5 Å². The Morgan fingerprint density at radius 2 is 2.11 bits per heavy atom. The number of rotatable bonds is 2. The molecule has 0 saturated heterocycles. The highest BCUT2D eigenvalue weighted by molar-refractivity contribution is 5.94. The van der Waals surface area contributed by atoms with Gasteiger partial charge in [0.25, 0.3) is 0 Å². The monoisotopic (exact) mass is 257 g/mol. The van der Waals surface area contributed by atoms with Crippen LogP contribution in [-0.4, -0.2) is 25.4 Å². The molecule has 6 heteroatoms. The fraction of sp³-hybridized carbons (Fsp3) is 0. The number of hydrogen-bond acceptors (Lipinski definition) is 3. The van der Waals surface area contributed by atoms with Gasteiger partial charge in [-0.3, -0.25) is 9.38 Å². The van der Waals surface area contributed by atoms with Crippen molar-refractivity contribution in [1.82, 2.24) is 14.4 Å². The van der Waals surface area contributed by atoms with E-state index in [1.54, 1.807) is 24.4 Å². The number of halogens is 1. The third-order valence-electron chi connectivity index (χ3n) is 2.76. The second-order valence-electron chi connectivity index (χ2n) is 3.90. The normalized spacial score (nSPS) is 10.8. The molecule has 0 spiro atoms. The molecule has 0 radical (unpaired) electrons. The number of hydrogen-bond donors (Lipinski definition) is 1. The molecule has 0 aliphatic heterocycles. The van der Waals surface area contributed by atoms with E-state index in [9.17, 15) is 9.18 Å². The molecule has 0 fully saturated rings. The lowest BCUT2D eigenvalue weighted by atomic mass is 10.2. The summed E-state index contributed by atoms with van der Waals surface area (Å²) in [6.07, 6.45) is 4.43. The summed E-state index contributed by atoms with van der Waals surface area (Å²) < 4.78 is 15.3. The number of imidazole rings is 1. The van der Waals surface area contributed by atoms with E-state index in [0.29, 0.717) is 5.52 Å². The molecule has 0 bridgehead atoms. The molecule has 0 unspecified atom stereocenters. The first-order valence-electron chi connectivity index (χ1n) is 5.49. The van der Waals surface area contributed by atoms with Crippen molar-refractivity contribution in [2.45, 2.75) is 0 Å². The van der Waals surface area contributed by atoms with E-state index in [1.807, 2.05) is 0 Å². The summed E-state index contributed by atoms with van der Waals surface area (Å²) in [5.41, 5.74) is 0.427. The van der Waals surface area contributed by atoms with Gasteiger partial charge in [0, 0.05) is 12.4 Å².